The molecule has 1 fully saturated rings. The molecule has 1 aromatic carbocycles. The molecule has 0 spiro atoms. The van der Waals surface area contributed by atoms with Crippen molar-refractivity contribution in [3.63, 3.8) is 0 Å². The van der Waals surface area contributed by atoms with Crippen LogP contribution in [0.15, 0.2) is 24.3 Å². The fourth-order valence-electron chi connectivity index (χ4n) is 4.33. The van der Waals surface area contributed by atoms with Crippen LogP contribution in [0.1, 0.15) is 70.9 Å². The van der Waals surface area contributed by atoms with Gasteiger partial charge < -0.3 is 19.9 Å². The molecule has 2 amide bonds. The van der Waals surface area contributed by atoms with Gasteiger partial charge in [0.15, 0.2) is 5.82 Å². The molecule has 7 heteroatoms. The lowest BCUT2D eigenvalue weighted by atomic mass is 10.1. The van der Waals surface area contributed by atoms with Crippen molar-refractivity contribution in [2.75, 3.05) is 7.11 Å². The Morgan fingerprint density at radius 1 is 1.14 bits per heavy atom. The third-order valence-electron chi connectivity index (χ3n) is 5.86. The number of methoxy groups -OCH3 is 1. The van der Waals surface area contributed by atoms with E-state index in [-0.39, 0.29) is 17.9 Å². The van der Waals surface area contributed by atoms with Gasteiger partial charge in [-0.15, -0.1) is 0 Å². The topological polar surface area (TPSA) is 85.2 Å². The van der Waals surface area contributed by atoms with Gasteiger partial charge >= 0.3 is 0 Å². The zero-order chi connectivity index (χ0) is 20.2. The highest BCUT2D eigenvalue weighted by molar-refractivity contribution is 5.97. The molecule has 1 aromatic heterocycles. The van der Waals surface area contributed by atoms with Crippen molar-refractivity contribution in [1.82, 2.24) is 20.2 Å². The Morgan fingerprint density at radius 2 is 1.93 bits per heavy atom. The van der Waals surface area contributed by atoms with Crippen molar-refractivity contribution in [3.05, 3.63) is 47.0 Å². The Kier molecular flexibility index (Phi) is 5.83. The first kappa shape index (κ1) is 19.5. The van der Waals surface area contributed by atoms with Crippen LogP contribution < -0.4 is 15.4 Å². The van der Waals surface area contributed by atoms with Gasteiger partial charge in [-0.25, -0.2) is 4.98 Å². The summed E-state index contributed by atoms with van der Waals surface area (Å²) >= 11 is 0. The standard InChI is InChI=1S/C22H28N4O3/c1-29-18-12-5-2-8-15(18)14-23-21(27)19-17-11-6-7-13-26(17)20(25-19)22(28)24-16-9-3-4-10-16/h2,5,8,12,16H,3-4,6-7,9-11,13-14H2,1H3,(H,23,27)(H,24,28). The molecule has 29 heavy (non-hydrogen) atoms. The quantitative estimate of drug-likeness (QED) is 0.786. The van der Waals surface area contributed by atoms with Crippen molar-refractivity contribution in [2.45, 2.75) is 64.1 Å². The van der Waals surface area contributed by atoms with Gasteiger partial charge in [0.2, 0.25) is 0 Å². The second-order valence-corrected chi connectivity index (χ2v) is 7.79. The molecule has 0 saturated heterocycles. The average Bonchev–Trinajstić information content (AvgIpc) is 3.40. The number of nitrogens with zero attached hydrogens (tertiary/aromatic N) is 2. The third kappa shape index (κ3) is 4.13. The van der Waals surface area contributed by atoms with Gasteiger partial charge in [-0.1, -0.05) is 31.0 Å². The molecule has 2 N–H and O–H groups in total. The Balaban J connectivity index is 1.52. The zero-order valence-corrected chi connectivity index (χ0v) is 16.9. The summed E-state index contributed by atoms with van der Waals surface area (Å²) in [5.41, 5.74) is 2.14. The van der Waals surface area contributed by atoms with Gasteiger partial charge in [-0.05, 0) is 38.2 Å². The number of ether oxygens (including phenoxy) is 1. The zero-order valence-electron chi connectivity index (χ0n) is 16.9. The summed E-state index contributed by atoms with van der Waals surface area (Å²) in [5.74, 6) is 0.690. The van der Waals surface area contributed by atoms with Crippen molar-refractivity contribution in [3.8, 4) is 5.75 Å². The number of hydrogen-bond acceptors (Lipinski definition) is 4. The first-order valence-corrected chi connectivity index (χ1v) is 10.5. The van der Waals surface area contributed by atoms with Crippen molar-refractivity contribution >= 4 is 11.8 Å². The van der Waals surface area contributed by atoms with Crippen LogP contribution in [0.25, 0.3) is 0 Å². The molecule has 0 atom stereocenters. The highest BCUT2D eigenvalue weighted by atomic mass is 16.5. The number of carbonyl (C=O) groups is 2. The number of aromatic nitrogens is 2. The van der Waals surface area contributed by atoms with E-state index in [1.807, 2.05) is 28.8 Å². The molecule has 7 nitrogen and oxygen atoms in total. The molecule has 0 unspecified atom stereocenters. The number of fused-ring (bicyclic) bond motifs is 1. The molecule has 0 radical (unpaired) electrons. The highest BCUT2D eigenvalue weighted by Gasteiger charge is 2.29. The highest BCUT2D eigenvalue weighted by Crippen LogP contribution is 2.23. The molecule has 2 heterocycles. The van der Waals surface area contributed by atoms with E-state index in [1.54, 1.807) is 7.11 Å². The van der Waals surface area contributed by atoms with Gasteiger partial charge in [0.25, 0.3) is 11.8 Å². The van der Waals surface area contributed by atoms with E-state index in [9.17, 15) is 9.59 Å². The maximum Gasteiger partial charge on any atom is 0.287 e. The lowest BCUT2D eigenvalue weighted by Gasteiger charge is -2.18. The molecule has 4 rings (SSSR count). The number of imidazole rings is 1. The van der Waals surface area contributed by atoms with Gasteiger partial charge in [0.05, 0.1) is 12.8 Å². The Morgan fingerprint density at radius 3 is 2.72 bits per heavy atom. The van der Waals surface area contributed by atoms with Crippen molar-refractivity contribution in [1.29, 1.82) is 0 Å². The summed E-state index contributed by atoms with van der Waals surface area (Å²) in [5, 5.41) is 6.04. The van der Waals surface area contributed by atoms with E-state index < -0.39 is 0 Å². The second-order valence-electron chi connectivity index (χ2n) is 7.79. The molecule has 1 saturated carbocycles. The Hall–Kier alpha value is -2.83. The fourth-order valence-corrected chi connectivity index (χ4v) is 4.33. The smallest absolute Gasteiger partial charge is 0.287 e. The third-order valence-corrected chi connectivity index (χ3v) is 5.86. The van der Waals surface area contributed by atoms with Crippen LogP contribution in [0, 0.1) is 0 Å². The number of carbonyl (C=O) groups excluding carboxylic acids is 2. The van der Waals surface area contributed by atoms with Gasteiger partial charge in [0.1, 0.15) is 11.4 Å². The largest absolute Gasteiger partial charge is 0.496 e. The van der Waals surface area contributed by atoms with Crippen LogP contribution in [0.5, 0.6) is 5.75 Å². The summed E-state index contributed by atoms with van der Waals surface area (Å²) < 4.78 is 7.29. The summed E-state index contributed by atoms with van der Waals surface area (Å²) in [6.07, 6.45) is 7.11. The van der Waals surface area contributed by atoms with Gasteiger partial charge in [-0.3, -0.25) is 9.59 Å². The first-order valence-electron chi connectivity index (χ1n) is 10.5. The van der Waals surface area contributed by atoms with E-state index in [1.165, 1.54) is 0 Å². The van der Waals surface area contributed by atoms with E-state index >= 15 is 0 Å². The normalized spacial score (nSPS) is 16.3. The Labute approximate surface area is 170 Å². The van der Waals surface area contributed by atoms with E-state index in [0.29, 0.717) is 18.1 Å². The maximum atomic E-state index is 12.9. The molecule has 2 aromatic rings. The molecule has 1 aliphatic carbocycles. The van der Waals surface area contributed by atoms with E-state index in [2.05, 4.69) is 15.6 Å². The summed E-state index contributed by atoms with van der Waals surface area (Å²) in [7, 11) is 1.61. The summed E-state index contributed by atoms with van der Waals surface area (Å²) in [4.78, 5) is 30.2. The molecular formula is C22H28N4O3. The van der Waals surface area contributed by atoms with Crippen LogP contribution in [-0.2, 0) is 19.5 Å². The predicted molar refractivity (Wildman–Crippen MR) is 109 cm³/mol. The molecule has 1 aliphatic heterocycles. The van der Waals surface area contributed by atoms with Gasteiger partial charge in [-0.2, -0.15) is 0 Å². The number of amides is 2. The SMILES string of the molecule is COc1ccccc1CNC(=O)c1nc(C(=O)NC2CCCC2)n2c1CCCC2. The lowest BCUT2D eigenvalue weighted by Crippen LogP contribution is -2.35. The van der Waals surface area contributed by atoms with Crippen LogP contribution in [-0.4, -0.2) is 34.5 Å². The van der Waals surface area contributed by atoms with E-state index in [4.69, 9.17) is 4.74 Å². The first-order chi connectivity index (χ1) is 14.2. The Bertz CT molecular complexity index is 899. The minimum Gasteiger partial charge on any atom is -0.496 e. The molecular weight excluding hydrogens is 368 g/mol. The van der Waals surface area contributed by atoms with E-state index in [0.717, 1.165) is 68.5 Å². The number of hydrogen-bond donors (Lipinski definition) is 2. The minimum atomic E-state index is -0.249. The van der Waals surface area contributed by atoms with Crippen molar-refractivity contribution in [2.24, 2.45) is 0 Å². The maximum absolute atomic E-state index is 12.9. The average molecular weight is 396 g/mol. The number of nitrogens with one attached hydrogen (secondary N) is 2. The minimum absolute atomic E-state index is 0.163. The fraction of sp³-hybridized carbons (Fsp3) is 0.500. The predicted octanol–water partition coefficient (Wildman–Crippen LogP) is 2.83. The summed E-state index contributed by atoms with van der Waals surface area (Å²) in [6.45, 7) is 1.08. The molecule has 2 aliphatic rings. The van der Waals surface area contributed by atoms with Gasteiger partial charge in [0, 0.05) is 24.7 Å². The van der Waals surface area contributed by atoms with Crippen LogP contribution in [0.2, 0.25) is 0 Å². The number of para-hydroxylation sites is 1. The monoisotopic (exact) mass is 396 g/mol. The van der Waals surface area contributed by atoms with Crippen LogP contribution >= 0.6 is 0 Å². The lowest BCUT2D eigenvalue weighted by molar-refractivity contribution is 0.0921. The van der Waals surface area contributed by atoms with Crippen LogP contribution in [0.4, 0.5) is 0 Å². The molecule has 154 valence electrons. The number of benzene rings is 1. The number of rotatable bonds is 6. The summed E-state index contributed by atoms with van der Waals surface area (Å²) in [6, 6.07) is 7.81. The van der Waals surface area contributed by atoms with Crippen molar-refractivity contribution < 1.29 is 14.3 Å². The second kappa shape index (κ2) is 8.68. The molecule has 0 bridgehead atoms. The van der Waals surface area contributed by atoms with Crippen LogP contribution in [0.3, 0.4) is 0 Å².